The van der Waals surface area contributed by atoms with Gasteiger partial charge in [-0.1, -0.05) is 0 Å². The second-order valence-corrected chi connectivity index (χ2v) is 6.12. The van der Waals surface area contributed by atoms with E-state index in [9.17, 15) is 0 Å². The van der Waals surface area contributed by atoms with Gasteiger partial charge in [0, 0.05) is 38.9 Å². The molecule has 0 amide bonds. The van der Waals surface area contributed by atoms with E-state index in [4.69, 9.17) is 19.1 Å². The Hall–Kier alpha value is -0.0777. The van der Waals surface area contributed by atoms with Gasteiger partial charge in [-0.25, -0.2) is 0 Å². The van der Waals surface area contributed by atoms with E-state index in [0.717, 1.165) is 20.0 Å². The van der Waals surface area contributed by atoms with E-state index in [1.807, 2.05) is 0 Å². The van der Waals surface area contributed by atoms with Crippen molar-refractivity contribution in [2.45, 2.75) is 0 Å². The molecule has 0 saturated heterocycles. The number of halogens is 2. The normalized spacial score (nSPS) is 18.5. The second kappa shape index (κ2) is 7.29. The molecule has 0 aromatic rings. The second-order valence-electron chi connectivity index (χ2n) is 3.76. The zero-order valence-electron chi connectivity index (χ0n) is 9.29. The summed E-state index contributed by atoms with van der Waals surface area (Å²) in [7, 11) is 13.8. The molecule has 0 aromatic heterocycles. The van der Waals surface area contributed by atoms with Crippen LogP contribution in [0.5, 0.6) is 0 Å². The van der Waals surface area contributed by atoms with Gasteiger partial charge in [0.15, 0.2) is 0 Å². The van der Waals surface area contributed by atoms with Gasteiger partial charge < -0.3 is 19.6 Å². The van der Waals surface area contributed by atoms with Gasteiger partial charge in [0.1, 0.15) is 0 Å². The Morgan fingerprint density at radius 1 is 0.938 bits per heavy atom. The molecule has 2 heterocycles. The minimum atomic E-state index is -0.106. The first-order valence-electron chi connectivity index (χ1n) is 4.73. The van der Waals surface area contributed by atoms with Gasteiger partial charge in [0.2, 0.25) is 0 Å². The first-order chi connectivity index (χ1) is 7.65. The molecule has 0 aromatic carbocycles. The van der Waals surface area contributed by atoms with E-state index in [0.29, 0.717) is 0 Å². The van der Waals surface area contributed by atoms with Crippen molar-refractivity contribution < 1.29 is 15.9 Å². The Bertz CT molecular complexity index is 238. The minimum absolute atomic E-state index is 0.106. The molecule has 2 rings (SSSR count). The summed E-state index contributed by atoms with van der Waals surface area (Å²) in [4.78, 5) is 8.90. The van der Waals surface area contributed by atoms with Crippen LogP contribution >= 0.6 is 19.1 Å². The van der Waals surface area contributed by atoms with Gasteiger partial charge >= 0.3 is 35.0 Å². The fourth-order valence-electron chi connectivity index (χ4n) is 1.59. The van der Waals surface area contributed by atoms with Crippen LogP contribution in [0.15, 0.2) is 24.8 Å². The van der Waals surface area contributed by atoms with Crippen LogP contribution in [0.2, 0.25) is 0 Å². The third-order valence-electron chi connectivity index (χ3n) is 2.24. The van der Waals surface area contributed by atoms with E-state index < -0.39 is 0 Å². The molecule has 0 atom stereocenters. The van der Waals surface area contributed by atoms with E-state index in [-0.39, 0.29) is 15.9 Å². The molecule has 0 unspecified atom stereocenters. The van der Waals surface area contributed by atoms with Crippen LogP contribution in [0.3, 0.4) is 0 Å². The predicted molar refractivity (Wildman–Crippen MR) is 63.8 cm³/mol. The maximum absolute atomic E-state index is 4.81. The van der Waals surface area contributed by atoms with Crippen LogP contribution < -0.4 is 0 Å². The number of rotatable bonds is 2. The molecule has 0 radical (unpaired) electrons. The van der Waals surface area contributed by atoms with Gasteiger partial charge in [-0.3, -0.25) is 0 Å². The molecule has 0 fully saturated rings. The molecule has 0 N–H and O–H groups in total. The Morgan fingerprint density at radius 2 is 1.31 bits per heavy atom. The third-order valence-corrected chi connectivity index (χ3v) is 2.24. The molecule has 0 spiro atoms. The van der Waals surface area contributed by atoms with Crippen LogP contribution in [0.1, 0.15) is 0 Å². The summed E-state index contributed by atoms with van der Waals surface area (Å²) in [5.74, 6) is 0. The number of nitrogens with zero attached hydrogens (tertiary/aromatic N) is 4. The Morgan fingerprint density at radius 3 is 1.56 bits per heavy atom. The molecule has 96 valence electrons. The number of hydrogen-bond donors (Lipinski definition) is 0. The topological polar surface area (TPSA) is 13.0 Å². The van der Waals surface area contributed by atoms with Gasteiger partial charge in [-0.05, 0) is 0 Å². The fraction of sp³-hybridized carbons (Fsp3) is 0.556. The first-order valence-corrected chi connectivity index (χ1v) is 8.73. The first kappa shape index (κ1) is 14.0. The van der Waals surface area contributed by atoms with Crippen molar-refractivity contribution in [3.05, 3.63) is 24.8 Å². The average molecular weight is 358 g/mol. The van der Waals surface area contributed by atoms with Crippen molar-refractivity contribution in [2.24, 2.45) is 0 Å². The molecule has 0 aliphatic carbocycles. The van der Waals surface area contributed by atoms with E-state index in [1.165, 1.54) is 0 Å². The summed E-state index contributed by atoms with van der Waals surface area (Å²) in [6.45, 7) is 2.96. The van der Waals surface area contributed by atoms with Crippen molar-refractivity contribution in [3.8, 4) is 0 Å². The van der Waals surface area contributed by atoms with Crippen LogP contribution in [-0.2, 0) is 15.9 Å². The monoisotopic (exact) mass is 356 g/mol. The van der Waals surface area contributed by atoms with Crippen molar-refractivity contribution in [1.82, 2.24) is 19.6 Å². The summed E-state index contributed by atoms with van der Waals surface area (Å²) in [5.41, 5.74) is 0. The average Bonchev–Trinajstić information content (AvgIpc) is 2.78. The summed E-state index contributed by atoms with van der Waals surface area (Å²) in [6, 6.07) is 0. The quantitative estimate of drug-likeness (QED) is 0.697. The summed E-state index contributed by atoms with van der Waals surface area (Å²) < 4.78 is 0. The summed E-state index contributed by atoms with van der Waals surface area (Å²) in [5, 5.41) is 0. The Kier molecular flexibility index (Phi) is 6.37. The van der Waals surface area contributed by atoms with Gasteiger partial charge in [-0.15, -0.1) is 0 Å². The van der Waals surface area contributed by atoms with Crippen molar-refractivity contribution in [2.75, 3.05) is 34.1 Å². The van der Waals surface area contributed by atoms with E-state index in [1.54, 1.807) is 0 Å². The molecule has 2 aliphatic rings. The fourth-order valence-corrected chi connectivity index (χ4v) is 1.59. The van der Waals surface area contributed by atoms with E-state index >= 15 is 0 Å². The summed E-state index contributed by atoms with van der Waals surface area (Å²) in [6.07, 6.45) is 8.46. The van der Waals surface area contributed by atoms with Gasteiger partial charge in [0.25, 0.3) is 0 Å². The Labute approximate surface area is 113 Å². The molecule has 4 nitrogen and oxygen atoms in total. The molecular formula is C9H16Cl2N4Pd. The SMILES string of the molecule is CN1C=CN(CN2C=CN(C)C2)C1.[Cl][Pd][Cl]. The van der Waals surface area contributed by atoms with Crippen molar-refractivity contribution in [1.29, 1.82) is 0 Å². The summed E-state index contributed by atoms with van der Waals surface area (Å²) >= 11 is -0.106. The van der Waals surface area contributed by atoms with Crippen LogP contribution in [0.25, 0.3) is 0 Å². The zero-order valence-corrected chi connectivity index (χ0v) is 12.4. The predicted octanol–water partition coefficient (Wildman–Crippen LogP) is 1.67. The van der Waals surface area contributed by atoms with Crippen LogP contribution in [0, 0.1) is 0 Å². The van der Waals surface area contributed by atoms with Gasteiger partial charge in [0.05, 0.1) is 20.0 Å². The zero-order chi connectivity index (χ0) is 12.0. The molecule has 2 aliphatic heterocycles. The van der Waals surface area contributed by atoms with Crippen molar-refractivity contribution >= 4 is 19.1 Å². The van der Waals surface area contributed by atoms with Gasteiger partial charge in [-0.2, -0.15) is 0 Å². The third kappa shape index (κ3) is 4.84. The van der Waals surface area contributed by atoms with Crippen molar-refractivity contribution in [3.63, 3.8) is 0 Å². The molecule has 7 heteroatoms. The standard InChI is InChI=1S/C9H16N4.2ClH.Pd/c1-10-3-5-12(7-10)9-13-6-4-11(2)8-13;;;/h3-6H,7-9H2,1-2H3;2*1H;/q;;;+2/p-2. The maximum atomic E-state index is 4.81. The molecule has 0 saturated carbocycles. The van der Waals surface area contributed by atoms with Crippen LogP contribution in [0.4, 0.5) is 0 Å². The molecular weight excluding hydrogens is 341 g/mol. The Balaban J connectivity index is 0.000000386. The molecule has 0 bridgehead atoms. The molecule has 16 heavy (non-hydrogen) atoms. The number of hydrogen-bond acceptors (Lipinski definition) is 4. The van der Waals surface area contributed by atoms with Crippen LogP contribution in [-0.4, -0.2) is 53.7 Å². The van der Waals surface area contributed by atoms with E-state index in [2.05, 4.69) is 58.5 Å².